The van der Waals surface area contributed by atoms with Gasteiger partial charge in [0.1, 0.15) is 11.6 Å². The first-order valence-electron chi connectivity index (χ1n) is 6.31. The van der Waals surface area contributed by atoms with Gasteiger partial charge in [-0.25, -0.2) is 13.8 Å². The van der Waals surface area contributed by atoms with Gasteiger partial charge >= 0.3 is 0 Å². The van der Waals surface area contributed by atoms with Crippen LogP contribution >= 0.6 is 22.7 Å². The molecule has 2 heterocycles. The summed E-state index contributed by atoms with van der Waals surface area (Å²) >= 11 is 2.50. The molecule has 3 rings (SSSR count). The van der Waals surface area contributed by atoms with Crippen LogP contribution in [0.25, 0.3) is 11.3 Å². The third kappa shape index (κ3) is 2.90. The summed E-state index contributed by atoms with van der Waals surface area (Å²) in [5.41, 5.74) is 1.25. The van der Waals surface area contributed by atoms with Gasteiger partial charge in [0, 0.05) is 10.9 Å². The van der Waals surface area contributed by atoms with Crippen molar-refractivity contribution in [2.45, 2.75) is 6.92 Å². The molecule has 0 radical (unpaired) electrons. The fourth-order valence-corrected chi connectivity index (χ4v) is 3.43. The van der Waals surface area contributed by atoms with Crippen molar-refractivity contribution in [3.63, 3.8) is 0 Å². The van der Waals surface area contributed by atoms with E-state index in [1.54, 1.807) is 5.38 Å². The number of rotatable bonds is 3. The molecule has 0 fully saturated rings. The van der Waals surface area contributed by atoms with Gasteiger partial charge in [-0.3, -0.25) is 10.1 Å². The first-order valence-corrected chi connectivity index (χ1v) is 8.07. The largest absolute Gasteiger partial charge is 0.297 e. The van der Waals surface area contributed by atoms with E-state index in [0.717, 1.165) is 35.1 Å². The van der Waals surface area contributed by atoms with Gasteiger partial charge in [-0.15, -0.1) is 22.7 Å². The van der Waals surface area contributed by atoms with Crippen LogP contribution in [-0.2, 0) is 0 Å². The highest BCUT2D eigenvalue weighted by atomic mass is 32.1. The summed E-state index contributed by atoms with van der Waals surface area (Å²) in [5, 5.41) is 6.43. The second-order valence-electron chi connectivity index (χ2n) is 4.55. The van der Waals surface area contributed by atoms with Crippen molar-refractivity contribution in [2.75, 3.05) is 5.32 Å². The molecule has 0 atom stereocenters. The molecule has 1 aromatic carbocycles. The van der Waals surface area contributed by atoms with Crippen LogP contribution in [-0.4, -0.2) is 10.9 Å². The van der Waals surface area contributed by atoms with Crippen molar-refractivity contribution in [1.29, 1.82) is 0 Å². The number of benzene rings is 1. The Morgan fingerprint density at radius 2 is 2.05 bits per heavy atom. The average molecular weight is 336 g/mol. The Labute approximate surface area is 133 Å². The monoisotopic (exact) mass is 336 g/mol. The Kier molecular flexibility index (Phi) is 4.00. The Balaban J connectivity index is 1.84. The molecule has 0 aliphatic heterocycles. The Morgan fingerprint density at radius 3 is 2.77 bits per heavy atom. The van der Waals surface area contributed by atoms with Gasteiger partial charge in [-0.2, -0.15) is 0 Å². The van der Waals surface area contributed by atoms with Crippen LogP contribution in [0.5, 0.6) is 0 Å². The van der Waals surface area contributed by atoms with Crippen molar-refractivity contribution in [3.8, 4) is 11.3 Å². The van der Waals surface area contributed by atoms with Gasteiger partial charge in [-0.05, 0) is 42.1 Å². The van der Waals surface area contributed by atoms with Crippen LogP contribution < -0.4 is 5.32 Å². The fourth-order valence-electron chi connectivity index (χ4n) is 1.91. The van der Waals surface area contributed by atoms with E-state index in [9.17, 15) is 13.6 Å². The van der Waals surface area contributed by atoms with E-state index >= 15 is 0 Å². The minimum atomic E-state index is -0.557. The topological polar surface area (TPSA) is 42.0 Å². The third-order valence-electron chi connectivity index (χ3n) is 3.00. The zero-order valence-corrected chi connectivity index (χ0v) is 13.0. The van der Waals surface area contributed by atoms with E-state index in [2.05, 4.69) is 10.3 Å². The summed E-state index contributed by atoms with van der Waals surface area (Å²) in [6.07, 6.45) is 0. The number of hydrogen-bond acceptors (Lipinski definition) is 4. The van der Waals surface area contributed by atoms with Gasteiger partial charge < -0.3 is 0 Å². The van der Waals surface area contributed by atoms with Crippen LogP contribution in [0.1, 0.15) is 15.2 Å². The van der Waals surface area contributed by atoms with E-state index in [0.29, 0.717) is 15.7 Å². The minimum absolute atomic E-state index is 0.0732. The number of nitrogens with zero attached hydrogens (tertiary/aromatic N) is 1. The summed E-state index contributed by atoms with van der Waals surface area (Å²) in [6, 6.07) is 5.04. The normalized spacial score (nSPS) is 10.7. The molecular weight excluding hydrogens is 326 g/mol. The molecule has 3 aromatic rings. The molecule has 22 heavy (non-hydrogen) atoms. The first kappa shape index (κ1) is 14.8. The molecule has 0 saturated carbocycles. The second-order valence-corrected chi connectivity index (χ2v) is 6.32. The van der Waals surface area contributed by atoms with Gasteiger partial charge in [0.15, 0.2) is 5.13 Å². The van der Waals surface area contributed by atoms with Crippen LogP contribution in [0.15, 0.2) is 35.0 Å². The maximum Gasteiger partial charge on any atom is 0.267 e. The lowest BCUT2D eigenvalue weighted by Crippen LogP contribution is -2.11. The van der Waals surface area contributed by atoms with Crippen LogP contribution in [0.3, 0.4) is 0 Å². The summed E-state index contributed by atoms with van der Waals surface area (Å²) in [6.45, 7) is 1.85. The lowest BCUT2D eigenvalue weighted by molar-refractivity contribution is 0.103. The summed E-state index contributed by atoms with van der Waals surface area (Å²) in [5.74, 6) is -1.35. The number of amides is 1. The lowest BCUT2D eigenvalue weighted by Gasteiger charge is -2.01. The molecular formula is C15H10F2N2OS2. The van der Waals surface area contributed by atoms with Gasteiger partial charge in [0.05, 0.1) is 10.6 Å². The average Bonchev–Trinajstić information content (AvgIpc) is 3.10. The van der Waals surface area contributed by atoms with Crippen molar-refractivity contribution >= 4 is 33.7 Å². The number of carbonyl (C=O) groups is 1. The van der Waals surface area contributed by atoms with E-state index in [1.807, 2.05) is 18.4 Å². The van der Waals surface area contributed by atoms with Crippen molar-refractivity contribution in [1.82, 2.24) is 4.98 Å². The minimum Gasteiger partial charge on any atom is -0.297 e. The number of thiazole rings is 1. The molecule has 0 saturated heterocycles. The highest BCUT2D eigenvalue weighted by molar-refractivity contribution is 7.14. The van der Waals surface area contributed by atoms with Crippen LogP contribution in [0, 0.1) is 18.6 Å². The molecule has 1 amide bonds. The van der Waals surface area contributed by atoms with Crippen molar-refractivity contribution in [2.24, 2.45) is 0 Å². The molecule has 112 valence electrons. The molecule has 0 unspecified atom stereocenters. The first-order chi connectivity index (χ1) is 10.5. The summed E-state index contributed by atoms with van der Waals surface area (Å²) in [4.78, 5) is 16.8. The SMILES string of the molecule is Cc1ccsc1C(=O)Nc1nc(-c2cc(F)ccc2F)cs1. The maximum absolute atomic E-state index is 13.7. The predicted octanol–water partition coefficient (Wildman–Crippen LogP) is 4.71. The van der Waals surface area contributed by atoms with Crippen molar-refractivity contribution in [3.05, 3.63) is 57.1 Å². The number of nitrogens with one attached hydrogen (secondary N) is 1. The van der Waals surface area contributed by atoms with Crippen LogP contribution in [0.4, 0.5) is 13.9 Å². The zero-order chi connectivity index (χ0) is 15.7. The van der Waals surface area contributed by atoms with Gasteiger partial charge in [-0.1, -0.05) is 0 Å². The van der Waals surface area contributed by atoms with E-state index < -0.39 is 11.6 Å². The smallest absolute Gasteiger partial charge is 0.267 e. The second kappa shape index (κ2) is 5.94. The number of halogens is 2. The number of hydrogen-bond donors (Lipinski definition) is 1. The standard InChI is InChI=1S/C15H10F2N2OS2/c1-8-4-5-21-13(8)14(20)19-15-18-12(7-22-15)10-6-9(16)2-3-11(10)17/h2-7H,1H3,(H,18,19,20). The third-order valence-corrected chi connectivity index (χ3v) is 4.77. The highest BCUT2D eigenvalue weighted by Gasteiger charge is 2.15. The predicted molar refractivity (Wildman–Crippen MR) is 84.5 cm³/mol. The van der Waals surface area contributed by atoms with Crippen molar-refractivity contribution < 1.29 is 13.6 Å². The fraction of sp³-hybridized carbons (Fsp3) is 0.0667. The Bertz CT molecular complexity index is 842. The van der Waals surface area contributed by atoms with Gasteiger partial charge in [0.25, 0.3) is 5.91 Å². The maximum atomic E-state index is 13.7. The summed E-state index contributed by atoms with van der Waals surface area (Å²) < 4.78 is 26.9. The van der Waals surface area contributed by atoms with Gasteiger partial charge in [0.2, 0.25) is 0 Å². The number of thiophene rings is 1. The van der Waals surface area contributed by atoms with E-state index in [-0.39, 0.29) is 11.5 Å². The molecule has 0 spiro atoms. The number of aromatic nitrogens is 1. The Morgan fingerprint density at radius 1 is 1.23 bits per heavy atom. The number of anilines is 1. The molecule has 2 aromatic heterocycles. The lowest BCUT2D eigenvalue weighted by atomic mass is 10.1. The Hall–Kier alpha value is -2.12. The molecule has 7 heteroatoms. The molecule has 3 nitrogen and oxygen atoms in total. The molecule has 1 N–H and O–H groups in total. The quantitative estimate of drug-likeness (QED) is 0.752. The van der Waals surface area contributed by atoms with E-state index in [4.69, 9.17) is 0 Å². The highest BCUT2D eigenvalue weighted by Crippen LogP contribution is 2.28. The summed E-state index contributed by atoms with van der Waals surface area (Å²) in [7, 11) is 0. The number of carbonyl (C=O) groups excluding carboxylic acids is 1. The zero-order valence-electron chi connectivity index (χ0n) is 11.4. The molecule has 0 bridgehead atoms. The van der Waals surface area contributed by atoms with E-state index in [1.165, 1.54) is 11.3 Å². The number of aryl methyl sites for hydroxylation is 1. The van der Waals surface area contributed by atoms with Crippen LogP contribution in [0.2, 0.25) is 0 Å². The molecule has 0 aliphatic rings. The molecule has 0 aliphatic carbocycles.